The number of amides is 3. The number of hydrogen-bond acceptors (Lipinski definition) is 6. The monoisotopic (exact) mass is 403 g/mol. The SMILES string of the molecule is O=C(NCCCNC(=O)c1cccc(O)c1)Nc1nnc(C2CCCCC2)s1. The molecular weight excluding hydrogens is 378 g/mol. The van der Waals surface area contributed by atoms with Gasteiger partial charge in [0.15, 0.2) is 0 Å². The van der Waals surface area contributed by atoms with Gasteiger partial charge in [-0.2, -0.15) is 0 Å². The maximum absolute atomic E-state index is 12.0. The van der Waals surface area contributed by atoms with Gasteiger partial charge in [-0.25, -0.2) is 4.79 Å². The summed E-state index contributed by atoms with van der Waals surface area (Å²) in [5.41, 5.74) is 0.399. The molecule has 1 aromatic carbocycles. The second-order valence-corrected chi connectivity index (χ2v) is 7.83. The summed E-state index contributed by atoms with van der Waals surface area (Å²) in [6.07, 6.45) is 6.63. The molecule has 9 heteroatoms. The number of phenols is 1. The van der Waals surface area contributed by atoms with Crippen LogP contribution in [-0.4, -0.2) is 40.3 Å². The molecule has 1 fully saturated rings. The third-order valence-corrected chi connectivity index (χ3v) is 5.65. The zero-order valence-electron chi connectivity index (χ0n) is 15.6. The molecule has 0 aliphatic heterocycles. The van der Waals surface area contributed by atoms with Gasteiger partial charge in [0.25, 0.3) is 5.91 Å². The van der Waals surface area contributed by atoms with E-state index in [0.717, 1.165) is 17.8 Å². The van der Waals surface area contributed by atoms with E-state index in [1.165, 1.54) is 42.7 Å². The molecule has 1 saturated carbocycles. The van der Waals surface area contributed by atoms with Crippen molar-refractivity contribution in [2.24, 2.45) is 0 Å². The van der Waals surface area contributed by atoms with Gasteiger partial charge >= 0.3 is 6.03 Å². The number of phenolic OH excluding ortho intramolecular Hbond substituents is 1. The highest BCUT2D eigenvalue weighted by Crippen LogP contribution is 2.35. The number of nitrogens with zero attached hydrogens (tertiary/aromatic N) is 2. The Morgan fingerprint density at radius 1 is 1.11 bits per heavy atom. The molecule has 0 atom stereocenters. The van der Waals surface area contributed by atoms with E-state index in [1.807, 2.05) is 0 Å². The van der Waals surface area contributed by atoms with Gasteiger partial charge in [-0.05, 0) is 37.5 Å². The van der Waals surface area contributed by atoms with E-state index in [-0.39, 0.29) is 17.7 Å². The summed E-state index contributed by atoms with van der Waals surface area (Å²) in [6, 6.07) is 5.83. The van der Waals surface area contributed by atoms with E-state index in [9.17, 15) is 14.7 Å². The van der Waals surface area contributed by atoms with E-state index in [0.29, 0.717) is 36.1 Å². The molecular formula is C19H25N5O3S. The van der Waals surface area contributed by atoms with Crippen molar-refractivity contribution < 1.29 is 14.7 Å². The van der Waals surface area contributed by atoms with Crippen molar-refractivity contribution in [3.8, 4) is 5.75 Å². The summed E-state index contributed by atoms with van der Waals surface area (Å²) < 4.78 is 0. The second-order valence-electron chi connectivity index (χ2n) is 6.82. The molecule has 150 valence electrons. The van der Waals surface area contributed by atoms with Gasteiger partial charge in [0.05, 0.1) is 0 Å². The fourth-order valence-corrected chi connectivity index (χ4v) is 4.09. The van der Waals surface area contributed by atoms with Crippen LogP contribution < -0.4 is 16.0 Å². The van der Waals surface area contributed by atoms with Gasteiger partial charge < -0.3 is 15.7 Å². The van der Waals surface area contributed by atoms with Crippen LogP contribution in [0.4, 0.5) is 9.93 Å². The molecule has 1 aliphatic carbocycles. The van der Waals surface area contributed by atoms with E-state index in [1.54, 1.807) is 12.1 Å². The average molecular weight is 404 g/mol. The number of hydrogen-bond donors (Lipinski definition) is 4. The predicted molar refractivity (Wildman–Crippen MR) is 108 cm³/mol. The number of carbonyl (C=O) groups excluding carboxylic acids is 2. The maximum atomic E-state index is 12.0. The van der Waals surface area contributed by atoms with Crippen LogP contribution in [0.5, 0.6) is 5.75 Å². The van der Waals surface area contributed by atoms with Gasteiger partial charge in [0, 0.05) is 24.6 Å². The first-order chi connectivity index (χ1) is 13.6. The Labute approximate surface area is 167 Å². The lowest BCUT2D eigenvalue weighted by Gasteiger charge is -2.18. The molecule has 0 spiro atoms. The van der Waals surface area contributed by atoms with E-state index in [4.69, 9.17) is 0 Å². The van der Waals surface area contributed by atoms with Crippen LogP contribution >= 0.6 is 11.3 Å². The number of carbonyl (C=O) groups is 2. The average Bonchev–Trinajstić information content (AvgIpc) is 3.16. The second kappa shape index (κ2) is 10.0. The number of rotatable bonds is 7. The van der Waals surface area contributed by atoms with Crippen molar-refractivity contribution in [3.05, 3.63) is 34.8 Å². The fourth-order valence-electron chi connectivity index (χ4n) is 3.18. The Morgan fingerprint density at radius 2 is 1.89 bits per heavy atom. The van der Waals surface area contributed by atoms with Crippen LogP contribution in [0.3, 0.4) is 0 Å². The zero-order chi connectivity index (χ0) is 19.8. The van der Waals surface area contributed by atoms with Crippen molar-refractivity contribution >= 4 is 28.4 Å². The number of aromatic hydroxyl groups is 1. The summed E-state index contributed by atoms with van der Waals surface area (Å²) >= 11 is 1.44. The molecule has 2 aromatic rings. The van der Waals surface area contributed by atoms with Gasteiger partial charge in [-0.1, -0.05) is 36.7 Å². The van der Waals surface area contributed by atoms with Crippen LogP contribution in [0.1, 0.15) is 59.8 Å². The molecule has 1 aliphatic rings. The summed E-state index contributed by atoms with van der Waals surface area (Å²) in [6.45, 7) is 0.833. The maximum Gasteiger partial charge on any atom is 0.321 e. The third-order valence-electron chi connectivity index (χ3n) is 4.65. The highest BCUT2D eigenvalue weighted by molar-refractivity contribution is 7.15. The Balaban J connectivity index is 1.32. The smallest absolute Gasteiger partial charge is 0.321 e. The summed E-state index contributed by atoms with van der Waals surface area (Å²) in [7, 11) is 0. The molecule has 0 unspecified atom stereocenters. The molecule has 0 saturated heterocycles. The number of benzene rings is 1. The first-order valence-corrected chi connectivity index (χ1v) is 10.4. The molecule has 8 nitrogen and oxygen atoms in total. The number of urea groups is 1. The summed E-state index contributed by atoms with van der Waals surface area (Å²) in [4.78, 5) is 23.9. The minimum absolute atomic E-state index is 0.0503. The van der Waals surface area contributed by atoms with Gasteiger partial charge in [0.1, 0.15) is 10.8 Å². The van der Waals surface area contributed by atoms with Gasteiger partial charge in [-0.15, -0.1) is 10.2 Å². The molecule has 1 heterocycles. The van der Waals surface area contributed by atoms with Gasteiger partial charge in [-0.3, -0.25) is 10.1 Å². The Bertz CT molecular complexity index is 804. The lowest BCUT2D eigenvalue weighted by molar-refractivity contribution is 0.0953. The van der Waals surface area contributed by atoms with Crippen LogP contribution in [0.25, 0.3) is 0 Å². The van der Waals surface area contributed by atoms with E-state index in [2.05, 4.69) is 26.1 Å². The number of nitrogens with one attached hydrogen (secondary N) is 3. The van der Waals surface area contributed by atoms with Crippen LogP contribution in [0.2, 0.25) is 0 Å². The normalized spacial score (nSPS) is 14.4. The topological polar surface area (TPSA) is 116 Å². The predicted octanol–water partition coefficient (Wildman–Crippen LogP) is 3.23. The van der Waals surface area contributed by atoms with E-state index < -0.39 is 0 Å². The van der Waals surface area contributed by atoms with Crippen molar-refractivity contribution in [2.75, 3.05) is 18.4 Å². The molecule has 3 rings (SSSR count). The molecule has 4 N–H and O–H groups in total. The van der Waals surface area contributed by atoms with Crippen LogP contribution in [-0.2, 0) is 0 Å². The third kappa shape index (κ3) is 5.91. The zero-order valence-corrected chi connectivity index (χ0v) is 16.4. The van der Waals surface area contributed by atoms with Crippen LogP contribution in [0.15, 0.2) is 24.3 Å². The highest BCUT2D eigenvalue weighted by Gasteiger charge is 2.20. The molecule has 1 aromatic heterocycles. The molecule has 28 heavy (non-hydrogen) atoms. The van der Waals surface area contributed by atoms with Crippen molar-refractivity contribution in [3.63, 3.8) is 0 Å². The molecule has 0 bridgehead atoms. The first-order valence-electron chi connectivity index (χ1n) is 9.57. The number of anilines is 1. The summed E-state index contributed by atoms with van der Waals surface area (Å²) in [5, 5.41) is 27.4. The largest absolute Gasteiger partial charge is 0.508 e. The minimum Gasteiger partial charge on any atom is -0.508 e. The minimum atomic E-state index is -0.328. The molecule has 0 radical (unpaired) electrons. The first kappa shape index (κ1) is 20.1. The van der Waals surface area contributed by atoms with E-state index >= 15 is 0 Å². The van der Waals surface area contributed by atoms with Crippen LogP contribution in [0, 0.1) is 0 Å². The lowest BCUT2D eigenvalue weighted by Crippen LogP contribution is -2.32. The Kier molecular flexibility index (Phi) is 7.18. The highest BCUT2D eigenvalue weighted by atomic mass is 32.1. The molecule has 3 amide bonds. The quantitative estimate of drug-likeness (QED) is 0.530. The standard InChI is InChI=1S/C19H25N5O3S/c25-15-9-4-8-14(12-15)16(26)20-10-5-11-21-18(27)22-19-24-23-17(28-19)13-6-2-1-3-7-13/h4,8-9,12-13,25H,1-3,5-7,10-11H2,(H,20,26)(H2,21,22,24,27). The summed E-state index contributed by atoms with van der Waals surface area (Å²) in [5.74, 6) is 0.263. The van der Waals surface area contributed by atoms with Crippen molar-refractivity contribution in [2.45, 2.75) is 44.4 Å². The van der Waals surface area contributed by atoms with Crippen molar-refractivity contribution in [1.29, 1.82) is 0 Å². The van der Waals surface area contributed by atoms with Crippen molar-refractivity contribution in [1.82, 2.24) is 20.8 Å². The number of aromatic nitrogens is 2. The Morgan fingerprint density at radius 3 is 2.68 bits per heavy atom. The van der Waals surface area contributed by atoms with Gasteiger partial charge in [0.2, 0.25) is 5.13 Å². The fraction of sp³-hybridized carbons (Fsp3) is 0.474. The lowest BCUT2D eigenvalue weighted by atomic mass is 9.90. The Hall–Kier alpha value is -2.68.